The maximum atomic E-state index is 6.47. The lowest BCUT2D eigenvalue weighted by molar-refractivity contribution is 0.911. The molecule has 12 rings (SSSR count). The number of rotatable bonds is 8. The molecule has 0 aliphatic rings. The van der Waals surface area contributed by atoms with Gasteiger partial charge < -0.3 is 14.9 Å². The average molecular weight is 824 g/mol. The second-order valence-corrected chi connectivity index (χ2v) is 17.3. The van der Waals surface area contributed by atoms with E-state index in [0.717, 1.165) is 22.5 Å². The molecule has 0 aliphatic carbocycles. The number of allylic oxidation sites excluding steroid dienone is 2. The Labute approximate surface area is 369 Å². The van der Waals surface area contributed by atoms with Gasteiger partial charge in [0, 0.05) is 59.1 Å². The Bertz CT molecular complexity index is 3750. The number of thiophene rings is 1. The molecule has 3 nitrogen and oxygen atoms in total. The lowest BCUT2D eigenvalue weighted by atomic mass is 9.99. The number of nitrogens with zero attached hydrogens (tertiary/aromatic N) is 2. The summed E-state index contributed by atoms with van der Waals surface area (Å²) in [5, 5.41) is 7.56. The number of aromatic nitrogens is 2. The molecule has 0 amide bonds. The Balaban J connectivity index is 1.01. The van der Waals surface area contributed by atoms with Crippen molar-refractivity contribution in [3.05, 3.63) is 236 Å². The number of hydrogen-bond donors (Lipinski definition) is 1. The molecule has 298 valence electrons. The van der Waals surface area contributed by atoms with Crippen LogP contribution in [0.4, 0.5) is 0 Å². The summed E-state index contributed by atoms with van der Waals surface area (Å²) in [6.07, 6.45) is 8.32. The smallest absolute Gasteiger partial charge is 0.0547 e. The van der Waals surface area contributed by atoms with E-state index >= 15 is 0 Å². The molecule has 3 heterocycles. The van der Waals surface area contributed by atoms with Gasteiger partial charge >= 0.3 is 0 Å². The highest BCUT2D eigenvalue weighted by Crippen LogP contribution is 2.43. The molecule has 0 bridgehead atoms. The van der Waals surface area contributed by atoms with Crippen LogP contribution in [0.3, 0.4) is 0 Å². The molecule has 0 saturated heterocycles. The van der Waals surface area contributed by atoms with Crippen molar-refractivity contribution < 1.29 is 0 Å². The Morgan fingerprint density at radius 3 is 1.87 bits per heavy atom. The summed E-state index contributed by atoms with van der Waals surface area (Å²) >= 11 is 1.88. The van der Waals surface area contributed by atoms with Crippen molar-refractivity contribution in [1.29, 1.82) is 0 Å². The van der Waals surface area contributed by atoms with Gasteiger partial charge in [-0.1, -0.05) is 170 Å². The molecule has 4 heteroatoms. The van der Waals surface area contributed by atoms with Crippen molar-refractivity contribution in [3.8, 4) is 33.6 Å². The van der Waals surface area contributed by atoms with Gasteiger partial charge in [0.1, 0.15) is 0 Å². The first kappa shape index (κ1) is 37.0. The highest BCUT2D eigenvalue weighted by Gasteiger charge is 2.18. The van der Waals surface area contributed by atoms with Crippen LogP contribution in [0.5, 0.6) is 0 Å². The minimum absolute atomic E-state index is 0.159. The maximum absolute atomic E-state index is 6.47. The Kier molecular flexibility index (Phi) is 9.00. The molecule has 3 aromatic heterocycles. The van der Waals surface area contributed by atoms with Gasteiger partial charge in [-0.15, -0.1) is 11.3 Å². The van der Waals surface area contributed by atoms with Gasteiger partial charge in [0.25, 0.3) is 0 Å². The summed E-state index contributed by atoms with van der Waals surface area (Å²) in [7, 11) is 0. The molecular formula is C59H41N3S. The number of fused-ring (bicyclic) bond motifs is 9. The summed E-state index contributed by atoms with van der Waals surface area (Å²) in [5.74, 6) is 0. The van der Waals surface area contributed by atoms with Gasteiger partial charge in [0.15, 0.2) is 0 Å². The molecule has 0 fully saturated rings. The second-order valence-electron chi connectivity index (χ2n) is 16.3. The normalized spacial score (nSPS) is 12.7. The third-order valence-electron chi connectivity index (χ3n) is 12.5. The van der Waals surface area contributed by atoms with Gasteiger partial charge in [-0.3, -0.25) is 0 Å². The van der Waals surface area contributed by atoms with E-state index in [2.05, 4.69) is 209 Å². The van der Waals surface area contributed by atoms with E-state index in [9.17, 15) is 0 Å². The van der Waals surface area contributed by atoms with Gasteiger partial charge in [-0.25, -0.2) is 0 Å². The van der Waals surface area contributed by atoms with E-state index in [-0.39, 0.29) is 6.04 Å². The Morgan fingerprint density at radius 2 is 1.02 bits per heavy atom. The van der Waals surface area contributed by atoms with Crippen molar-refractivity contribution in [3.63, 3.8) is 0 Å². The van der Waals surface area contributed by atoms with Crippen molar-refractivity contribution in [2.24, 2.45) is 5.73 Å². The van der Waals surface area contributed by atoms with Crippen LogP contribution in [-0.2, 0) is 0 Å². The first-order valence-corrected chi connectivity index (χ1v) is 22.3. The number of para-hydroxylation sites is 2. The van der Waals surface area contributed by atoms with E-state index in [1.807, 2.05) is 41.7 Å². The van der Waals surface area contributed by atoms with Gasteiger partial charge in [0.05, 0.1) is 22.1 Å². The van der Waals surface area contributed by atoms with E-state index in [4.69, 9.17) is 5.73 Å². The molecule has 0 aliphatic heterocycles. The average Bonchev–Trinajstić information content (AvgIpc) is 4.00. The van der Waals surface area contributed by atoms with Crippen molar-refractivity contribution in [2.75, 3.05) is 0 Å². The molecule has 63 heavy (non-hydrogen) atoms. The lowest BCUT2D eigenvalue weighted by Crippen LogP contribution is -2.06. The fourth-order valence-electron chi connectivity index (χ4n) is 9.53. The Hall–Kier alpha value is -7.76. The third kappa shape index (κ3) is 6.39. The topological polar surface area (TPSA) is 35.9 Å². The standard InChI is InChI=1S/C59H41N3S/c60-53(40-17-3-1-4-18-40)26-10-7-15-39-16-13-21-45(35-39)62-55-34-31-41(42-29-32-48-47-22-8-11-27-54(47)61(56(48)37-42)44-19-5-2-6-20-44)36-52(55)49-33-30-43(38-57(49)62)46-24-14-25-51-50-23-9-12-28-58(50)63-59(46)51/h1-38,53H,60H2/b15-7+,26-10-. The predicted molar refractivity (Wildman–Crippen MR) is 270 cm³/mol. The molecule has 0 spiro atoms. The monoisotopic (exact) mass is 823 g/mol. The van der Waals surface area contributed by atoms with E-state index < -0.39 is 0 Å². The summed E-state index contributed by atoms with van der Waals surface area (Å²) in [4.78, 5) is 0. The van der Waals surface area contributed by atoms with E-state index in [0.29, 0.717) is 0 Å². The minimum Gasteiger partial charge on any atom is -0.321 e. The summed E-state index contributed by atoms with van der Waals surface area (Å²) in [6.45, 7) is 0. The quantitative estimate of drug-likeness (QED) is 0.152. The largest absolute Gasteiger partial charge is 0.321 e. The zero-order valence-corrected chi connectivity index (χ0v) is 35.2. The molecule has 0 saturated carbocycles. The SMILES string of the molecule is NC(/C=C\C=C\c1cccc(-n2c3ccc(-c4ccc5c6ccccc6n(-c6ccccc6)c5c4)cc3c3ccc(-c4cccc5c4sc4ccccc45)cc32)c1)c1ccccc1. The molecular weight excluding hydrogens is 783 g/mol. The van der Waals surface area contributed by atoms with Crippen LogP contribution >= 0.6 is 11.3 Å². The number of benzene rings is 9. The van der Waals surface area contributed by atoms with Crippen LogP contribution in [0, 0.1) is 0 Å². The van der Waals surface area contributed by atoms with E-state index in [1.54, 1.807) is 0 Å². The zero-order valence-electron chi connectivity index (χ0n) is 34.4. The highest BCUT2D eigenvalue weighted by molar-refractivity contribution is 7.26. The third-order valence-corrected chi connectivity index (χ3v) is 13.8. The van der Waals surface area contributed by atoms with Crippen LogP contribution in [0.15, 0.2) is 224 Å². The van der Waals surface area contributed by atoms with Crippen LogP contribution in [0.2, 0.25) is 0 Å². The first-order chi connectivity index (χ1) is 31.2. The summed E-state index contributed by atoms with van der Waals surface area (Å²) < 4.78 is 7.47. The maximum Gasteiger partial charge on any atom is 0.0547 e. The van der Waals surface area contributed by atoms with Crippen molar-refractivity contribution in [2.45, 2.75) is 6.04 Å². The van der Waals surface area contributed by atoms with Crippen molar-refractivity contribution in [1.82, 2.24) is 9.13 Å². The van der Waals surface area contributed by atoms with Crippen molar-refractivity contribution >= 4 is 81.2 Å². The lowest BCUT2D eigenvalue weighted by Gasteiger charge is -2.11. The van der Waals surface area contributed by atoms with Gasteiger partial charge in [-0.2, -0.15) is 0 Å². The van der Waals surface area contributed by atoms with Crippen LogP contribution < -0.4 is 5.73 Å². The molecule has 1 unspecified atom stereocenters. The molecule has 1 atom stereocenters. The molecule has 12 aromatic rings. The molecule has 2 N–H and O–H groups in total. The minimum atomic E-state index is -0.159. The molecule has 0 radical (unpaired) electrons. The second kappa shape index (κ2) is 15.3. The van der Waals surface area contributed by atoms with Crippen LogP contribution in [0.25, 0.3) is 103 Å². The summed E-state index contributed by atoms with van der Waals surface area (Å²) in [5.41, 5.74) is 20.5. The first-order valence-electron chi connectivity index (χ1n) is 21.5. The fourth-order valence-corrected chi connectivity index (χ4v) is 10.8. The van der Waals surface area contributed by atoms with Crippen LogP contribution in [-0.4, -0.2) is 9.13 Å². The van der Waals surface area contributed by atoms with E-state index in [1.165, 1.54) is 86.0 Å². The van der Waals surface area contributed by atoms with Gasteiger partial charge in [0.2, 0.25) is 0 Å². The van der Waals surface area contributed by atoms with Crippen LogP contribution in [0.1, 0.15) is 17.2 Å². The number of nitrogens with two attached hydrogens (primary N) is 1. The zero-order chi connectivity index (χ0) is 41.9. The van der Waals surface area contributed by atoms with Gasteiger partial charge in [-0.05, 0) is 94.0 Å². The number of hydrogen-bond acceptors (Lipinski definition) is 2. The fraction of sp³-hybridized carbons (Fsp3) is 0.0169. The summed E-state index contributed by atoms with van der Waals surface area (Å²) in [6, 6.07) is 74.7. The highest BCUT2D eigenvalue weighted by atomic mass is 32.1. The predicted octanol–water partition coefficient (Wildman–Crippen LogP) is 15.9. The molecule has 9 aromatic carbocycles. The Morgan fingerprint density at radius 1 is 0.413 bits per heavy atom.